The minimum absolute atomic E-state index is 0.0146. The lowest BCUT2D eigenvalue weighted by Gasteiger charge is -2.30. The summed E-state index contributed by atoms with van der Waals surface area (Å²) in [5, 5.41) is 3.74. The van der Waals surface area contributed by atoms with Gasteiger partial charge in [-0.3, -0.25) is 4.79 Å². The Balaban J connectivity index is 2.03. The summed E-state index contributed by atoms with van der Waals surface area (Å²) in [5.41, 5.74) is 2.97. The monoisotopic (exact) mass is 301 g/mol. The molecule has 0 saturated heterocycles. The summed E-state index contributed by atoms with van der Waals surface area (Å²) in [4.78, 5) is 26.2. The van der Waals surface area contributed by atoms with Crippen LogP contribution in [0.2, 0.25) is 0 Å². The molecule has 0 fully saturated rings. The molecule has 0 radical (unpaired) electrons. The molecule has 3 rings (SSSR count). The quantitative estimate of drug-likeness (QED) is 0.801. The molecule has 21 heavy (non-hydrogen) atoms. The van der Waals surface area contributed by atoms with Gasteiger partial charge in [0, 0.05) is 17.6 Å². The van der Waals surface area contributed by atoms with Crippen LogP contribution in [0, 0.1) is 0 Å². The number of carbonyl (C=O) groups excluding carboxylic acids is 2. The molecule has 1 aromatic carbocycles. The molecule has 0 atom stereocenters. The lowest BCUT2D eigenvalue weighted by molar-refractivity contribution is 0.0599. The number of carbonyl (C=O) groups is 2. The first kappa shape index (κ1) is 13.8. The van der Waals surface area contributed by atoms with Crippen molar-refractivity contribution in [2.75, 3.05) is 18.6 Å². The van der Waals surface area contributed by atoms with Gasteiger partial charge in [0.15, 0.2) is 0 Å². The van der Waals surface area contributed by atoms with Gasteiger partial charge < -0.3 is 9.64 Å². The summed E-state index contributed by atoms with van der Waals surface area (Å²) in [6.45, 7) is 0.673. The number of anilines is 1. The van der Waals surface area contributed by atoms with E-state index in [0.717, 1.165) is 24.1 Å². The minimum Gasteiger partial charge on any atom is -0.465 e. The van der Waals surface area contributed by atoms with E-state index in [4.69, 9.17) is 4.74 Å². The number of amides is 1. The van der Waals surface area contributed by atoms with Crippen LogP contribution in [-0.4, -0.2) is 25.5 Å². The van der Waals surface area contributed by atoms with Gasteiger partial charge in [-0.15, -0.1) is 0 Å². The van der Waals surface area contributed by atoms with E-state index in [1.807, 2.05) is 22.9 Å². The largest absolute Gasteiger partial charge is 0.465 e. The Bertz CT molecular complexity index is 679. The molecule has 0 spiro atoms. The summed E-state index contributed by atoms with van der Waals surface area (Å²) in [6, 6.07) is 7.27. The first-order valence-corrected chi connectivity index (χ1v) is 7.71. The maximum atomic E-state index is 12.6. The van der Waals surface area contributed by atoms with Crippen molar-refractivity contribution < 1.29 is 14.3 Å². The lowest BCUT2D eigenvalue weighted by Crippen LogP contribution is -2.35. The van der Waals surface area contributed by atoms with Crippen LogP contribution in [0.1, 0.15) is 32.7 Å². The van der Waals surface area contributed by atoms with E-state index in [1.54, 1.807) is 17.0 Å². The van der Waals surface area contributed by atoms with Gasteiger partial charge in [-0.05, 0) is 42.0 Å². The maximum absolute atomic E-state index is 12.6. The number of esters is 1. The van der Waals surface area contributed by atoms with E-state index < -0.39 is 0 Å². The second kappa shape index (κ2) is 5.69. The second-order valence-electron chi connectivity index (χ2n) is 4.87. The fraction of sp³-hybridized carbons (Fsp3) is 0.250. The predicted molar refractivity (Wildman–Crippen MR) is 82.1 cm³/mol. The van der Waals surface area contributed by atoms with Crippen molar-refractivity contribution in [2.45, 2.75) is 12.8 Å². The molecule has 2 heterocycles. The van der Waals surface area contributed by atoms with Crippen molar-refractivity contribution in [3.8, 4) is 0 Å². The highest BCUT2D eigenvalue weighted by molar-refractivity contribution is 7.08. The van der Waals surface area contributed by atoms with Gasteiger partial charge in [0.25, 0.3) is 5.91 Å². The molecule has 0 saturated carbocycles. The third-order valence-corrected chi connectivity index (χ3v) is 4.35. The van der Waals surface area contributed by atoms with Crippen LogP contribution in [-0.2, 0) is 11.2 Å². The summed E-state index contributed by atoms with van der Waals surface area (Å²) < 4.78 is 4.83. The summed E-state index contributed by atoms with van der Waals surface area (Å²) in [7, 11) is 1.37. The van der Waals surface area contributed by atoms with Crippen molar-refractivity contribution >= 4 is 28.9 Å². The number of thiophene rings is 1. The third kappa shape index (κ3) is 2.45. The van der Waals surface area contributed by atoms with Crippen LogP contribution in [0.25, 0.3) is 0 Å². The van der Waals surface area contributed by atoms with Gasteiger partial charge in [0.2, 0.25) is 0 Å². The number of methoxy groups -OCH3 is 1. The normalized spacial score (nSPS) is 13.7. The van der Waals surface area contributed by atoms with E-state index >= 15 is 0 Å². The molecule has 1 amide bonds. The van der Waals surface area contributed by atoms with Crippen molar-refractivity contribution in [1.29, 1.82) is 0 Å². The fourth-order valence-corrected chi connectivity index (χ4v) is 3.31. The summed E-state index contributed by atoms with van der Waals surface area (Å²) in [6.07, 6.45) is 1.63. The van der Waals surface area contributed by atoms with Gasteiger partial charge in [0.1, 0.15) is 0 Å². The molecule has 5 heteroatoms. The van der Waals surface area contributed by atoms with E-state index in [1.165, 1.54) is 18.4 Å². The molecule has 0 unspecified atom stereocenters. The smallest absolute Gasteiger partial charge is 0.338 e. The van der Waals surface area contributed by atoms with Crippen molar-refractivity contribution in [2.24, 2.45) is 0 Å². The molecule has 1 aliphatic rings. The Morgan fingerprint density at radius 1 is 1.29 bits per heavy atom. The number of rotatable bonds is 2. The topological polar surface area (TPSA) is 46.6 Å². The summed E-state index contributed by atoms with van der Waals surface area (Å²) >= 11 is 1.50. The first-order valence-electron chi connectivity index (χ1n) is 6.76. The van der Waals surface area contributed by atoms with Crippen LogP contribution in [0.4, 0.5) is 5.69 Å². The number of fused-ring (bicyclic) bond motifs is 1. The Kier molecular flexibility index (Phi) is 3.75. The molecule has 0 aliphatic carbocycles. The minimum atomic E-state index is -0.350. The zero-order valence-electron chi connectivity index (χ0n) is 11.7. The first-order chi connectivity index (χ1) is 10.2. The number of hydrogen-bond donors (Lipinski definition) is 0. The van der Waals surface area contributed by atoms with E-state index in [2.05, 4.69) is 0 Å². The van der Waals surface area contributed by atoms with Gasteiger partial charge in [-0.2, -0.15) is 11.3 Å². The average Bonchev–Trinajstić information content (AvgIpc) is 3.06. The third-order valence-electron chi connectivity index (χ3n) is 3.67. The van der Waals surface area contributed by atoms with Gasteiger partial charge in [-0.1, -0.05) is 6.07 Å². The molecule has 108 valence electrons. The predicted octanol–water partition coefficient (Wildman–Crippen LogP) is 3.13. The molecule has 4 nitrogen and oxygen atoms in total. The Labute approximate surface area is 127 Å². The lowest BCUT2D eigenvalue weighted by atomic mass is 9.96. The number of hydrogen-bond acceptors (Lipinski definition) is 4. The van der Waals surface area contributed by atoms with Gasteiger partial charge >= 0.3 is 5.97 Å². The molecular weight excluding hydrogens is 286 g/mol. The van der Waals surface area contributed by atoms with Crippen molar-refractivity contribution in [1.82, 2.24) is 0 Å². The molecule has 1 aliphatic heterocycles. The Hall–Kier alpha value is -2.14. The van der Waals surface area contributed by atoms with Crippen LogP contribution in [0.3, 0.4) is 0 Å². The highest BCUT2D eigenvalue weighted by Gasteiger charge is 2.27. The number of ether oxygens (including phenoxy) is 1. The highest BCUT2D eigenvalue weighted by Crippen LogP contribution is 2.31. The second-order valence-corrected chi connectivity index (χ2v) is 5.65. The molecule has 0 bridgehead atoms. The van der Waals surface area contributed by atoms with E-state index in [9.17, 15) is 9.59 Å². The van der Waals surface area contributed by atoms with Gasteiger partial charge in [0.05, 0.1) is 18.2 Å². The van der Waals surface area contributed by atoms with Crippen molar-refractivity contribution in [3.05, 3.63) is 51.7 Å². The molecule has 2 aromatic rings. The number of benzene rings is 1. The SMILES string of the molecule is COC(=O)c1cccc2c1CCCN2C(=O)c1ccsc1. The zero-order chi connectivity index (χ0) is 14.8. The maximum Gasteiger partial charge on any atom is 0.338 e. The zero-order valence-corrected chi connectivity index (χ0v) is 12.5. The molecular formula is C16H15NO3S. The van der Waals surface area contributed by atoms with E-state index in [-0.39, 0.29) is 11.9 Å². The molecule has 0 N–H and O–H groups in total. The standard InChI is InChI=1S/C16H15NO3S/c1-20-16(19)13-4-2-6-14-12(13)5-3-8-17(14)15(18)11-7-9-21-10-11/h2,4,6-7,9-10H,3,5,8H2,1H3. The van der Waals surface area contributed by atoms with Crippen molar-refractivity contribution in [3.63, 3.8) is 0 Å². The fourth-order valence-electron chi connectivity index (χ4n) is 2.68. The van der Waals surface area contributed by atoms with Crippen LogP contribution in [0.15, 0.2) is 35.0 Å². The number of nitrogens with zero attached hydrogens (tertiary/aromatic N) is 1. The van der Waals surface area contributed by atoms with Crippen LogP contribution in [0.5, 0.6) is 0 Å². The van der Waals surface area contributed by atoms with E-state index in [0.29, 0.717) is 17.7 Å². The Morgan fingerprint density at radius 3 is 2.86 bits per heavy atom. The summed E-state index contributed by atoms with van der Waals surface area (Å²) in [5.74, 6) is -0.365. The van der Waals surface area contributed by atoms with Crippen LogP contribution < -0.4 is 4.90 Å². The van der Waals surface area contributed by atoms with Crippen LogP contribution >= 0.6 is 11.3 Å². The Morgan fingerprint density at radius 2 is 2.14 bits per heavy atom. The molecule has 1 aromatic heterocycles. The average molecular weight is 301 g/mol. The highest BCUT2D eigenvalue weighted by atomic mass is 32.1. The van der Waals surface area contributed by atoms with Gasteiger partial charge in [-0.25, -0.2) is 4.79 Å².